The third kappa shape index (κ3) is 6.87. The lowest BCUT2D eigenvalue weighted by atomic mass is 10.1. The van der Waals surface area contributed by atoms with Gasteiger partial charge in [0, 0.05) is 38.7 Å². The number of likely N-dealkylation sites (tertiary alicyclic amines) is 1. The molecule has 0 saturated carbocycles. The Morgan fingerprint density at radius 3 is 2.34 bits per heavy atom. The van der Waals surface area contributed by atoms with Gasteiger partial charge in [0.15, 0.2) is 0 Å². The van der Waals surface area contributed by atoms with Crippen molar-refractivity contribution in [1.29, 1.82) is 0 Å². The van der Waals surface area contributed by atoms with E-state index in [1.807, 2.05) is 50.9 Å². The number of piperidine rings is 1. The minimum atomic E-state index is -0.515. The van der Waals surface area contributed by atoms with E-state index in [0.29, 0.717) is 54.3 Å². The van der Waals surface area contributed by atoms with Gasteiger partial charge in [-0.1, -0.05) is 18.2 Å². The second-order valence-electron chi connectivity index (χ2n) is 11.3. The van der Waals surface area contributed by atoms with E-state index >= 15 is 0 Å². The van der Waals surface area contributed by atoms with E-state index in [2.05, 4.69) is 22.1 Å². The predicted molar refractivity (Wildman–Crippen MR) is 161 cm³/mol. The van der Waals surface area contributed by atoms with Crippen LogP contribution in [0, 0.1) is 0 Å². The van der Waals surface area contributed by atoms with Crippen LogP contribution in [0.3, 0.4) is 0 Å². The lowest BCUT2D eigenvalue weighted by Crippen LogP contribution is -2.44. The highest BCUT2D eigenvalue weighted by Gasteiger charge is 2.36. The number of likely N-dealkylation sites (N-methyl/N-ethyl adjacent to an activating group) is 1. The van der Waals surface area contributed by atoms with Crippen molar-refractivity contribution in [2.75, 3.05) is 30.8 Å². The molecular formula is C31H36N4O5S. The summed E-state index contributed by atoms with van der Waals surface area (Å²) in [6, 6.07) is 14.3. The Morgan fingerprint density at radius 2 is 1.66 bits per heavy atom. The first kappa shape index (κ1) is 28.6. The number of fused-ring (bicyclic) bond motifs is 1. The topological polar surface area (TPSA) is 100 Å². The number of thioether (sulfide) groups is 1. The first-order valence-corrected chi connectivity index (χ1v) is 14.7. The van der Waals surface area contributed by atoms with Crippen LogP contribution in [0.15, 0.2) is 71.8 Å². The van der Waals surface area contributed by atoms with Crippen LogP contribution in [0.5, 0.6) is 5.75 Å². The highest BCUT2D eigenvalue weighted by Crippen LogP contribution is 2.36. The number of nitrogens with one attached hydrogen (secondary N) is 2. The third-order valence-corrected chi connectivity index (χ3v) is 8.20. The lowest BCUT2D eigenvalue weighted by Gasteiger charge is -2.33. The number of nitrogens with zero attached hydrogens (tertiary/aromatic N) is 2. The molecule has 0 bridgehead atoms. The minimum absolute atomic E-state index is 0.00664. The Bertz CT molecular complexity index is 1360. The number of carbonyl (C=O) groups is 3. The lowest BCUT2D eigenvalue weighted by molar-refractivity contribution is -0.114. The minimum Gasteiger partial charge on any atom is -0.490 e. The molecule has 0 aromatic heterocycles. The van der Waals surface area contributed by atoms with Crippen molar-refractivity contribution in [3.05, 3.63) is 77.4 Å². The van der Waals surface area contributed by atoms with E-state index in [0.717, 1.165) is 0 Å². The molecule has 3 aliphatic rings. The second-order valence-corrected chi connectivity index (χ2v) is 12.4. The van der Waals surface area contributed by atoms with Crippen LogP contribution in [0.2, 0.25) is 0 Å². The average molecular weight is 577 g/mol. The van der Waals surface area contributed by atoms with E-state index in [4.69, 9.17) is 9.47 Å². The van der Waals surface area contributed by atoms with Crippen molar-refractivity contribution in [1.82, 2.24) is 9.80 Å². The summed E-state index contributed by atoms with van der Waals surface area (Å²) in [5.74, 6) is 0.126. The van der Waals surface area contributed by atoms with Gasteiger partial charge in [-0.25, -0.2) is 4.79 Å². The SMILES string of the molecule is CN1C(C(=O)Nc2ccccc2C(=O)Nc2ccc(OC3CCN(C(=O)OC(C)(C)C)CC3)cc2)=CC2SC=CC21. The molecule has 2 unspecified atom stereocenters. The molecule has 3 amide bonds. The van der Waals surface area contributed by atoms with Crippen LogP contribution in [0.1, 0.15) is 44.0 Å². The van der Waals surface area contributed by atoms with Gasteiger partial charge in [0.2, 0.25) is 0 Å². The highest BCUT2D eigenvalue weighted by molar-refractivity contribution is 8.03. The van der Waals surface area contributed by atoms with Crippen LogP contribution in [0.25, 0.3) is 0 Å². The number of carbonyl (C=O) groups excluding carboxylic acids is 3. The fourth-order valence-corrected chi connectivity index (χ4v) is 6.11. The number of ether oxygens (including phenoxy) is 2. The van der Waals surface area contributed by atoms with E-state index in [-0.39, 0.29) is 35.3 Å². The maximum Gasteiger partial charge on any atom is 0.410 e. The Labute approximate surface area is 244 Å². The summed E-state index contributed by atoms with van der Waals surface area (Å²) in [6.45, 7) is 6.73. The maximum absolute atomic E-state index is 13.2. The molecule has 0 aliphatic carbocycles. The monoisotopic (exact) mass is 576 g/mol. The summed E-state index contributed by atoms with van der Waals surface area (Å²) in [5, 5.41) is 8.12. The largest absolute Gasteiger partial charge is 0.490 e. The first-order chi connectivity index (χ1) is 19.6. The Hall–Kier alpha value is -3.92. The molecule has 9 nitrogen and oxygen atoms in total. The van der Waals surface area contributed by atoms with Gasteiger partial charge in [0.1, 0.15) is 23.2 Å². The molecule has 41 heavy (non-hydrogen) atoms. The van der Waals surface area contributed by atoms with E-state index in [9.17, 15) is 14.4 Å². The van der Waals surface area contributed by atoms with Gasteiger partial charge in [-0.05, 0) is 68.7 Å². The van der Waals surface area contributed by atoms with E-state index in [1.54, 1.807) is 53.1 Å². The molecule has 0 spiro atoms. The number of hydrogen-bond donors (Lipinski definition) is 2. The molecular weight excluding hydrogens is 540 g/mol. The van der Waals surface area contributed by atoms with Gasteiger partial charge >= 0.3 is 6.09 Å². The molecule has 0 radical (unpaired) electrons. The molecule has 2 atom stereocenters. The third-order valence-electron chi connectivity index (χ3n) is 7.16. The zero-order valence-corrected chi connectivity index (χ0v) is 24.6. The number of hydrogen-bond acceptors (Lipinski definition) is 7. The van der Waals surface area contributed by atoms with Gasteiger partial charge in [-0.3, -0.25) is 9.59 Å². The van der Waals surface area contributed by atoms with Crippen molar-refractivity contribution in [2.24, 2.45) is 0 Å². The highest BCUT2D eigenvalue weighted by atomic mass is 32.2. The molecule has 1 fully saturated rings. The van der Waals surface area contributed by atoms with Gasteiger partial charge in [-0.2, -0.15) is 0 Å². The van der Waals surface area contributed by atoms with Crippen LogP contribution in [-0.2, 0) is 9.53 Å². The summed E-state index contributed by atoms with van der Waals surface area (Å²) < 4.78 is 11.6. The van der Waals surface area contributed by atoms with Gasteiger partial charge in [0.05, 0.1) is 22.5 Å². The van der Waals surface area contributed by atoms with Crippen LogP contribution in [-0.4, -0.2) is 70.8 Å². The zero-order valence-electron chi connectivity index (χ0n) is 23.8. The van der Waals surface area contributed by atoms with Crippen LogP contribution < -0.4 is 15.4 Å². The van der Waals surface area contributed by atoms with Gasteiger partial charge < -0.3 is 29.9 Å². The van der Waals surface area contributed by atoms with Crippen molar-refractivity contribution in [2.45, 2.75) is 56.6 Å². The maximum atomic E-state index is 13.2. The number of amides is 3. The quantitative estimate of drug-likeness (QED) is 0.470. The molecule has 216 valence electrons. The molecule has 2 aromatic rings. The predicted octanol–water partition coefficient (Wildman–Crippen LogP) is 5.48. The fourth-order valence-electron chi connectivity index (χ4n) is 5.03. The summed E-state index contributed by atoms with van der Waals surface area (Å²) in [7, 11) is 1.91. The zero-order chi connectivity index (χ0) is 29.1. The Balaban J connectivity index is 1.14. The Kier molecular flexibility index (Phi) is 8.30. The number of benzene rings is 2. The molecule has 10 heteroatoms. The number of anilines is 2. The fraction of sp³-hybridized carbons (Fsp3) is 0.387. The molecule has 5 rings (SSSR count). The molecule has 2 N–H and O–H groups in total. The molecule has 1 saturated heterocycles. The number of rotatable bonds is 6. The smallest absolute Gasteiger partial charge is 0.410 e. The van der Waals surface area contributed by atoms with E-state index in [1.165, 1.54) is 0 Å². The summed E-state index contributed by atoms with van der Waals surface area (Å²) >= 11 is 1.70. The Morgan fingerprint density at radius 1 is 0.951 bits per heavy atom. The molecule has 2 aromatic carbocycles. The average Bonchev–Trinajstić information content (AvgIpc) is 3.52. The molecule has 3 heterocycles. The standard InChI is InChI=1S/C31H36N4O5S/c1-31(2,3)40-30(38)35-16-13-22(14-17-35)39-21-11-9-20(10-12-21)32-28(36)23-7-5-6-8-24(23)33-29(37)26-19-27-25(34(26)4)15-18-41-27/h5-12,15,18-19,22,25,27H,13-14,16-17H2,1-4H3,(H,32,36)(H,33,37). The van der Waals surface area contributed by atoms with Crippen LogP contribution in [0.4, 0.5) is 16.2 Å². The van der Waals surface area contributed by atoms with Crippen molar-refractivity contribution >= 4 is 41.0 Å². The first-order valence-electron chi connectivity index (χ1n) is 13.8. The van der Waals surface area contributed by atoms with Crippen molar-refractivity contribution < 1.29 is 23.9 Å². The van der Waals surface area contributed by atoms with Crippen LogP contribution >= 0.6 is 11.8 Å². The van der Waals surface area contributed by atoms with E-state index < -0.39 is 5.60 Å². The van der Waals surface area contributed by atoms with Gasteiger partial charge in [0.25, 0.3) is 11.8 Å². The van der Waals surface area contributed by atoms with Crippen molar-refractivity contribution in [3.63, 3.8) is 0 Å². The molecule has 3 aliphatic heterocycles. The summed E-state index contributed by atoms with van der Waals surface area (Å²) in [6.07, 6.45) is 5.19. The normalized spacial score (nSPS) is 20.3. The second kappa shape index (κ2) is 11.9. The van der Waals surface area contributed by atoms with Crippen molar-refractivity contribution in [3.8, 4) is 5.75 Å². The number of para-hydroxylation sites is 1. The summed E-state index contributed by atoms with van der Waals surface area (Å²) in [4.78, 5) is 42.2. The summed E-state index contributed by atoms with van der Waals surface area (Å²) in [5.41, 5.74) is 1.51. The van der Waals surface area contributed by atoms with Gasteiger partial charge in [-0.15, -0.1) is 11.8 Å².